The van der Waals surface area contributed by atoms with Crippen LogP contribution in [0, 0.1) is 4.91 Å². The number of nitrogens with zero attached hydrogens (tertiary/aromatic N) is 3. The number of thioether (sulfide) groups is 1. The lowest BCUT2D eigenvalue weighted by Crippen LogP contribution is -2.06. The van der Waals surface area contributed by atoms with Crippen LogP contribution in [0.25, 0.3) is 0 Å². The first-order chi connectivity index (χ1) is 9.08. The minimum absolute atomic E-state index is 0.00935. The van der Waals surface area contributed by atoms with Crippen LogP contribution in [0.15, 0.2) is 47.3 Å². The molecule has 0 aliphatic rings. The molecule has 19 heavy (non-hydrogen) atoms. The van der Waals surface area contributed by atoms with E-state index in [9.17, 15) is 4.91 Å². The Morgan fingerprint density at radius 1 is 1.47 bits per heavy atom. The standard InChI is InChI=1S/C11H14N6OS/c1-3-4-5-7(2)6-19-10-8(12)9(16-17-18)14-11(13)15-10/h3-5H,1-2,6,12H2,(H3,13,14,15,16,18)/b5-4-. The van der Waals surface area contributed by atoms with Crippen molar-refractivity contribution in [2.75, 3.05) is 22.6 Å². The van der Waals surface area contributed by atoms with Crippen molar-refractivity contribution in [3.8, 4) is 0 Å². The van der Waals surface area contributed by atoms with Crippen molar-refractivity contribution in [3.63, 3.8) is 0 Å². The van der Waals surface area contributed by atoms with Crippen molar-refractivity contribution < 1.29 is 0 Å². The zero-order valence-electron chi connectivity index (χ0n) is 10.2. The number of anilines is 3. The van der Waals surface area contributed by atoms with Crippen LogP contribution in [0.3, 0.4) is 0 Å². The number of nitroso groups, excluding NO2 is 1. The third kappa shape index (κ3) is 4.43. The van der Waals surface area contributed by atoms with Gasteiger partial charge in [-0.05, 0) is 5.57 Å². The number of hydrogen-bond acceptors (Lipinski definition) is 7. The molecular formula is C11H14N6OS. The second kappa shape index (κ2) is 7.17. The minimum Gasteiger partial charge on any atom is -0.393 e. The quantitative estimate of drug-likeness (QED) is 0.230. The molecule has 0 bridgehead atoms. The van der Waals surface area contributed by atoms with E-state index in [-0.39, 0.29) is 17.5 Å². The van der Waals surface area contributed by atoms with Crippen LogP contribution in [0.2, 0.25) is 0 Å². The molecule has 0 radical (unpaired) electrons. The van der Waals surface area contributed by atoms with Gasteiger partial charge < -0.3 is 11.5 Å². The van der Waals surface area contributed by atoms with E-state index in [0.29, 0.717) is 10.8 Å². The van der Waals surface area contributed by atoms with Crippen LogP contribution in [-0.4, -0.2) is 15.7 Å². The van der Waals surface area contributed by atoms with E-state index in [0.717, 1.165) is 5.57 Å². The van der Waals surface area contributed by atoms with Crippen LogP contribution in [0.1, 0.15) is 0 Å². The van der Waals surface area contributed by atoms with Crippen molar-refractivity contribution >= 4 is 29.2 Å². The Morgan fingerprint density at radius 2 is 2.21 bits per heavy atom. The van der Waals surface area contributed by atoms with Crippen LogP contribution in [0.5, 0.6) is 0 Å². The molecule has 0 aliphatic carbocycles. The minimum atomic E-state index is 0.00935. The monoisotopic (exact) mass is 278 g/mol. The van der Waals surface area contributed by atoms with Crippen molar-refractivity contribution in [1.29, 1.82) is 0 Å². The highest BCUT2D eigenvalue weighted by Gasteiger charge is 2.11. The summed E-state index contributed by atoms with van der Waals surface area (Å²) in [7, 11) is 0. The van der Waals surface area contributed by atoms with Gasteiger partial charge in [-0.1, -0.05) is 43.1 Å². The van der Waals surface area contributed by atoms with Crippen LogP contribution >= 0.6 is 11.8 Å². The first-order valence-electron chi connectivity index (χ1n) is 5.19. The molecule has 1 heterocycles. The number of nitrogen functional groups attached to an aromatic ring is 2. The lowest BCUT2D eigenvalue weighted by Gasteiger charge is -2.08. The molecule has 8 heteroatoms. The van der Waals surface area contributed by atoms with Crippen LogP contribution in [-0.2, 0) is 0 Å². The Bertz CT molecular complexity index is 528. The van der Waals surface area contributed by atoms with Gasteiger partial charge in [0, 0.05) is 5.75 Å². The Morgan fingerprint density at radius 3 is 2.84 bits per heavy atom. The zero-order chi connectivity index (χ0) is 14.3. The summed E-state index contributed by atoms with van der Waals surface area (Å²) in [5, 5.41) is 2.97. The molecule has 0 aromatic carbocycles. The second-order valence-corrected chi connectivity index (χ2v) is 4.36. The molecule has 0 saturated heterocycles. The van der Waals surface area contributed by atoms with Gasteiger partial charge in [0.15, 0.2) is 5.82 Å². The fourth-order valence-corrected chi connectivity index (χ4v) is 1.95. The summed E-state index contributed by atoms with van der Waals surface area (Å²) in [6.45, 7) is 7.43. The normalized spacial score (nSPS) is 10.3. The predicted octanol–water partition coefficient (Wildman–Crippen LogP) is 2.12. The Hall–Kier alpha value is -2.35. The third-order valence-electron chi connectivity index (χ3n) is 1.94. The van der Waals surface area contributed by atoms with Gasteiger partial charge in [0.2, 0.25) is 5.95 Å². The molecule has 0 saturated carbocycles. The van der Waals surface area contributed by atoms with E-state index < -0.39 is 0 Å². The molecule has 1 aromatic heterocycles. The van der Waals surface area contributed by atoms with Crippen molar-refractivity contribution in [2.45, 2.75) is 5.03 Å². The van der Waals surface area contributed by atoms with Crippen molar-refractivity contribution in [2.24, 2.45) is 5.29 Å². The molecule has 1 rings (SSSR count). The fourth-order valence-electron chi connectivity index (χ4n) is 1.12. The lowest BCUT2D eigenvalue weighted by molar-refractivity contribution is 1.06. The maximum Gasteiger partial charge on any atom is 0.223 e. The second-order valence-electron chi connectivity index (χ2n) is 3.39. The highest BCUT2D eigenvalue weighted by molar-refractivity contribution is 7.99. The highest BCUT2D eigenvalue weighted by atomic mass is 32.2. The SMILES string of the molecule is C=C/C=C\C(=C)CSc1nc(N)nc(NN=O)c1N. The van der Waals surface area contributed by atoms with E-state index in [1.54, 1.807) is 12.2 Å². The van der Waals surface area contributed by atoms with Gasteiger partial charge >= 0.3 is 0 Å². The first kappa shape index (κ1) is 14.7. The average Bonchev–Trinajstić information content (AvgIpc) is 2.38. The van der Waals surface area contributed by atoms with Gasteiger partial charge in [-0.15, -0.1) is 4.91 Å². The van der Waals surface area contributed by atoms with Crippen molar-refractivity contribution in [1.82, 2.24) is 9.97 Å². The molecule has 100 valence electrons. The summed E-state index contributed by atoms with van der Waals surface area (Å²) in [5.74, 6) is 0.672. The molecule has 0 spiro atoms. The topological polar surface area (TPSA) is 119 Å². The largest absolute Gasteiger partial charge is 0.393 e. The van der Waals surface area contributed by atoms with E-state index in [4.69, 9.17) is 11.5 Å². The number of nitrogens with one attached hydrogen (secondary N) is 1. The Balaban J connectivity index is 2.83. The molecule has 1 aromatic rings. The number of hydrogen-bond donors (Lipinski definition) is 3. The van der Waals surface area contributed by atoms with Gasteiger partial charge in [0.25, 0.3) is 0 Å². The molecule has 0 fully saturated rings. The predicted molar refractivity (Wildman–Crippen MR) is 79.5 cm³/mol. The van der Waals surface area contributed by atoms with Gasteiger partial charge in [0.1, 0.15) is 10.7 Å². The zero-order valence-corrected chi connectivity index (χ0v) is 11.0. The van der Waals surface area contributed by atoms with E-state index >= 15 is 0 Å². The summed E-state index contributed by atoms with van der Waals surface area (Å²) in [6.07, 6.45) is 5.27. The fraction of sp³-hybridized carbons (Fsp3) is 0.0909. The molecule has 0 aliphatic heterocycles. The number of allylic oxidation sites excluding steroid dienone is 3. The summed E-state index contributed by atoms with van der Waals surface area (Å²) < 4.78 is 0. The number of aromatic nitrogens is 2. The van der Waals surface area contributed by atoms with Crippen molar-refractivity contribution in [3.05, 3.63) is 41.9 Å². The Kier molecular flexibility index (Phi) is 5.55. The van der Waals surface area contributed by atoms with Crippen LogP contribution in [0.4, 0.5) is 17.5 Å². The summed E-state index contributed by atoms with van der Waals surface area (Å²) in [5.41, 5.74) is 14.5. The van der Waals surface area contributed by atoms with E-state index in [1.807, 2.05) is 6.08 Å². The number of rotatable bonds is 7. The molecule has 5 N–H and O–H groups in total. The Labute approximate surface area is 114 Å². The van der Waals surface area contributed by atoms with Gasteiger partial charge in [-0.2, -0.15) is 4.98 Å². The average molecular weight is 278 g/mol. The summed E-state index contributed by atoms with van der Waals surface area (Å²) >= 11 is 1.33. The van der Waals surface area contributed by atoms with Crippen LogP contribution < -0.4 is 16.9 Å². The van der Waals surface area contributed by atoms with Gasteiger partial charge in [-0.25, -0.2) is 10.4 Å². The van der Waals surface area contributed by atoms with Gasteiger partial charge in [0.05, 0.1) is 5.29 Å². The van der Waals surface area contributed by atoms with Gasteiger partial charge in [-0.3, -0.25) is 0 Å². The highest BCUT2D eigenvalue weighted by Crippen LogP contribution is 2.30. The summed E-state index contributed by atoms with van der Waals surface area (Å²) in [6, 6.07) is 0. The molecular weight excluding hydrogens is 264 g/mol. The molecule has 0 unspecified atom stereocenters. The maximum atomic E-state index is 10.2. The lowest BCUT2D eigenvalue weighted by atomic mass is 10.3. The smallest absolute Gasteiger partial charge is 0.223 e. The molecule has 7 nitrogen and oxygen atoms in total. The third-order valence-corrected chi connectivity index (χ3v) is 3.04. The van der Waals surface area contributed by atoms with E-state index in [2.05, 4.69) is 33.8 Å². The summed E-state index contributed by atoms with van der Waals surface area (Å²) in [4.78, 5) is 18.0. The maximum absolute atomic E-state index is 10.2. The molecule has 0 amide bonds. The molecule has 0 atom stereocenters. The first-order valence-corrected chi connectivity index (χ1v) is 6.18. The van der Waals surface area contributed by atoms with E-state index in [1.165, 1.54) is 11.8 Å². The number of nitrogens with two attached hydrogens (primary N) is 2.